The minimum Gasteiger partial charge on any atom is -0.282 e. The summed E-state index contributed by atoms with van der Waals surface area (Å²) in [4.78, 5) is 0.159. The highest BCUT2D eigenvalue weighted by Gasteiger charge is 2.19. The van der Waals surface area contributed by atoms with Gasteiger partial charge in [0.25, 0.3) is 10.1 Å². The molecule has 0 spiro atoms. The van der Waals surface area contributed by atoms with Crippen LogP contribution < -0.4 is 0 Å². The zero-order valence-electron chi connectivity index (χ0n) is 12.6. The standard InChI is InChI=1S/C16H26O3S/c1-3-5-7-10-14-12-9-13-15(11-8-6-4-2)16(14)20(17,18)19/h9,12-13H,3-8,10-11H2,1-2H3,(H,17,18,19). The quantitative estimate of drug-likeness (QED) is 0.543. The zero-order chi connectivity index (χ0) is 15.0. The van der Waals surface area contributed by atoms with Gasteiger partial charge in [0, 0.05) is 0 Å². The normalized spacial score (nSPS) is 11.8. The summed E-state index contributed by atoms with van der Waals surface area (Å²) >= 11 is 0. The van der Waals surface area contributed by atoms with Crippen LogP contribution >= 0.6 is 0 Å². The average Bonchev–Trinajstić information content (AvgIpc) is 2.38. The van der Waals surface area contributed by atoms with Crippen molar-refractivity contribution in [2.24, 2.45) is 0 Å². The number of unbranched alkanes of at least 4 members (excludes halogenated alkanes) is 4. The molecule has 0 amide bonds. The molecule has 0 unspecified atom stereocenters. The second-order valence-corrected chi connectivity index (χ2v) is 6.65. The second kappa shape index (κ2) is 8.42. The van der Waals surface area contributed by atoms with E-state index in [4.69, 9.17) is 0 Å². The molecule has 0 aliphatic carbocycles. The van der Waals surface area contributed by atoms with Crippen molar-refractivity contribution in [1.29, 1.82) is 0 Å². The van der Waals surface area contributed by atoms with Crippen LogP contribution in [0.1, 0.15) is 63.5 Å². The van der Waals surface area contributed by atoms with Gasteiger partial charge in [-0.3, -0.25) is 4.55 Å². The van der Waals surface area contributed by atoms with Crippen LogP contribution in [0.25, 0.3) is 0 Å². The molecule has 1 aromatic carbocycles. The van der Waals surface area contributed by atoms with E-state index in [0.29, 0.717) is 12.8 Å². The zero-order valence-corrected chi connectivity index (χ0v) is 13.4. The molecule has 0 bridgehead atoms. The number of rotatable bonds is 9. The summed E-state index contributed by atoms with van der Waals surface area (Å²) in [5.41, 5.74) is 1.52. The first-order chi connectivity index (χ1) is 9.50. The van der Waals surface area contributed by atoms with Crippen molar-refractivity contribution in [2.45, 2.75) is 70.1 Å². The molecule has 0 aliphatic rings. The first kappa shape index (κ1) is 17.2. The lowest BCUT2D eigenvalue weighted by Crippen LogP contribution is -2.08. The predicted octanol–water partition coefficient (Wildman–Crippen LogP) is 4.40. The fraction of sp³-hybridized carbons (Fsp3) is 0.625. The molecule has 0 aliphatic heterocycles. The average molecular weight is 298 g/mol. The maximum atomic E-state index is 11.7. The van der Waals surface area contributed by atoms with Crippen LogP contribution in [0, 0.1) is 0 Å². The SMILES string of the molecule is CCCCCc1cccc(CCCCC)c1S(=O)(=O)O. The summed E-state index contributed by atoms with van der Waals surface area (Å²) in [5, 5.41) is 0. The van der Waals surface area contributed by atoms with E-state index >= 15 is 0 Å². The highest BCUT2D eigenvalue weighted by molar-refractivity contribution is 7.86. The Morgan fingerprint density at radius 3 is 1.70 bits per heavy atom. The number of aryl methyl sites for hydroxylation is 2. The van der Waals surface area contributed by atoms with Crippen molar-refractivity contribution >= 4 is 10.1 Å². The lowest BCUT2D eigenvalue weighted by Gasteiger charge is -2.12. The van der Waals surface area contributed by atoms with E-state index in [9.17, 15) is 13.0 Å². The van der Waals surface area contributed by atoms with Crippen molar-refractivity contribution in [3.8, 4) is 0 Å². The molecule has 1 N–H and O–H groups in total. The fourth-order valence-corrected chi connectivity index (χ4v) is 3.50. The van der Waals surface area contributed by atoms with Gasteiger partial charge in [0.05, 0.1) is 0 Å². The third kappa shape index (κ3) is 5.25. The molecule has 0 atom stereocenters. The highest BCUT2D eigenvalue weighted by atomic mass is 32.2. The molecule has 4 heteroatoms. The molecule has 1 rings (SSSR count). The van der Waals surface area contributed by atoms with Gasteiger partial charge < -0.3 is 0 Å². The maximum Gasteiger partial charge on any atom is 0.295 e. The molecular weight excluding hydrogens is 272 g/mol. The molecule has 20 heavy (non-hydrogen) atoms. The van der Waals surface area contributed by atoms with Gasteiger partial charge in [0.15, 0.2) is 0 Å². The van der Waals surface area contributed by atoms with Crippen LogP contribution in [-0.2, 0) is 23.0 Å². The van der Waals surface area contributed by atoms with Crippen molar-refractivity contribution in [2.75, 3.05) is 0 Å². The van der Waals surface area contributed by atoms with Crippen LogP contribution in [0.5, 0.6) is 0 Å². The first-order valence-electron chi connectivity index (χ1n) is 7.59. The van der Waals surface area contributed by atoms with E-state index in [-0.39, 0.29) is 4.90 Å². The van der Waals surface area contributed by atoms with Crippen LogP contribution in [-0.4, -0.2) is 13.0 Å². The minimum atomic E-state index is -4.14. The molecular formula is C16H26O3S. The summed E-state index contributed by atoms with van der Waals surface area (Å²) in [6.07, 6.45) is 7.68. The minimum absolute atomic E-state index is 0.159. The third-order valence-corrected chi connectivity index (χ3v) is 4.58. The smallest absolute Gasteiger partial charge is 0.282 e. The Morgan fingerprint density at radius 2 is 1.35 bits per heavy atom. The van der Waals surface area contributed by atoms with Gasteiger partial charge in [-0.05, 0) is 36.8 Å². The number of benzene rings is 1. The van der Waals surface area contributed by atoms with Crippen LogP contribution in [0.2, 0.25) is 0 Å². The predicted molar refractivity (Wildman–Crippen MR) is 82.7 cm³/mol. The van der Waals surface area contributed by atoms with E-state index < -0.39 is 10.1 Å². The maximum absolute atomic E-state index is 11.7. The number of hydrogen-bond acceptors (Lipinski definition) is 2. The molecule has 0 heterocycles. The van der Waals surface area contributed by atoms with Gasteiger partial charge in [0.2, 0.25) is 0 Å². The van der Waals surface area contributed by atoms with Gasteiger partial charge >= 0.3 is 0 Å². The summed E-state index contributed by atoms with van der Waals surface area (Å²) in [7, 11) is -4.14. The van der Waals surface area contributed by atoms with E-state index in [1.165, 1.54) is 0 Å². The second-order valence-electron chi connectivity index (χ2n) is 5.29. The van der Waals surface area contributed by atoms with Gasteiger partial charge in [0.1, 0.15) is 4.90 Å². The highest BCUT2D eigenvalue weighted by Crippen LogP contribution is 2.24. The lowest BCUT2D eigenvalue weighted by atomic mass is 10.0. The molecule has 0 radical (unpaired) electrons. The monoisotopic (exact) mass is 298 g/mol. The molecule has 0 saturated carbocycles. The molecule has 114 valence electrons. The Morgan fingerprint density at radius 1 is 0.900 bits per heavy atom. The Hall–Kier alpha value is -0.870. The van der Waals surface area contributed by atoms with E-state index in [0.717, 1.165) is 49.7 Å². The van der Waals surface area contributed by atoms with Gasteiger partial charge in [-0.1, -0.05) is 57.7 Å². The Balaban J connectivity index is 3.01. The molecule has 1 aromatic rings. The van der Waals surface area contributed by atoms with Gasteiger partial charge in [-0.25, -0.2) is 0 Å². The van der Waals surface area contributed by atoms with E-state index in [1.807, 2.05) is 18.2 Å². The summed E-state index contributed by atoms with van der Waals surface area (Å²) < 4.78 is 32.9. The lowest BCUT2D eigenvalue weighted by molar-refractivity contribution is 0.480. The van der Waals surface area contributed by atoms with Crippen LogP contribution in [0.3, 0.4) is 0 Å². The van der Waals surface area contributed by atoms with Gasteiger partial charge in [-0.2, -0.15) is 8.42 Å². The van der Waals surface area contributed by atoms with Crippen molar-refractivity contribution in [3.63, 3.8) is 0 Å². The summed E-state index contributed by atoms with van der Waals surface area (Å²) in [6.45, 7) is 4.23. The van der Waals surface area contributed by atoms with Crippen molar-refractivity contribution < 1.29 is 13.0 Å². The molecule has 0 fully saturated rings. The first-order valence-corrected chi connectivity index (χ1v) is 9.03. The summed E-state index contributed by atoms with van der Waals surface area (Å²) in [6, 6.07) is 5.54. The Bertz CT molecular complexity index is 478. The Kier molecular flexibility index (Phi) is 7.24. The van der Waals surface area contributed by atoms with Crippen molar-refractivity contribution in [1.82, 2.24) is 0 Å². The summed E-state index contributed by atoms with van der Waals surface area (Å²) in [5.74, 6) is 0. The van der Waals surface area contributed by atoms with E-state index in [1.54, 1.807) is 0 Å². The Labute approximate surface area is 123 Å². The van der Waals surface area contributed by atoms with Crippen LogP contribution in [0.15, 0.2) is 23.1 Å². The topological polar surface area (TPSA) is 54.4 Å². The van der Waals surface area contributed by atoms with Crippen LogP contribution in [0.4, 0.5) is 0 Å². The molecule has 0 saturated heterocycles. The third-order valence-electron chi connectivity index (χ3n) is 3.54. The van der Waals surface area contributed by atoms with Gasteiger partial charge in [-0.15, -0.1) is 0 Å². The van der Waals surface area contributed by atoms with E-state index in [2.05, 4.69) is 13.8 Å². The largest absolute Gasteiger partial charge is 0.295 e. The fourth-order valence-electron chi connectivity index (χ4n) is 2.49. The molecule has 0 aromatic heterocycles. The number of hydrogen-bond donors (Lipinski definition) is 1. The molecule has 3 nitrogen and oxygen atoms in total. The van der Waals surface area contributed by atoms with Crippen molar-refractivity contribution in [3.05, 3.63) is 29.3 Å².